The lowest BCUT2D eigenvalue weighted by Gasteiger charge is -2.13. The van der Waals surface area contributed by atoms with Crippen LogP contribution in [0.1, 0.15) is 15.9 Å². The second-order valence-corrected chi connectivity index (χ2v) is 5.71. The van der Waals surface area contributed by atoms with Crippen molar-refractivity contribution < 1.29 is 19.1 Å². The van der Waals surface area contributed by atoms with Gasteiger partial charge in [-0.05, 0) is 52.7 Å². The lowest BCUT2D eigenvalue weighted by molar-refractivity contribution is -0.118. The fraction of sp³-hybridized carbons (Fsp3) is 0.176. The molecule has 1 N–H and O–H groups in total. The molecule has 0 radical (unpaired) electrons. The van der Waals surface area contributed by atoms with E-state index >= 15 is 0 Å². The monoisotopic (exact) mass is 377 g/mol. The number of hydrogen-bond acceptors (Lipinski definition) is 4. The van der Waals surface area contributed by atoms with Crippen LogP contribution >= 0.6 is 15.9 Å². The first kappa shape index (κ1) is 17.0. The van der Waals surface area contributed by atoms with Gasteiger partial charge in [0.1, 0.15) is 6.29 Å². The Morgan fingerprint density at radius 3 is 2.74 bits per heavy atom. The van der Waals surface area contributed by atoms with E-state index in [1.54, 1.807) is 18.2 Å². The molecule has 2 aromatic carbocycles. The molecule has 0 aromatic heterocycles. The fourth-order valence-corrected chi connectivity index (χ4v) is 2.58. The van der Waals surface area contributed by atoms with E-state index in [9.17, 15) is 9.59 Å². The molecule has 0 bridgehead atoms. The first-order valence-electron chi connectivity index (χ1n) is 6.85. The second-order valence-electron chi connectivity index (χ2n) is 4.86. The van der Waals surface area contributed by atoms with E-state index in [1.807, 2.05) is 25.1 Å². The van der Waals surface area contributed by atoms with Gasteiger partial charge < -0.3 is 14.8 Å². The Kier molecular flexibility index (Phi) is 5.76. The fourth-order valence-electron chi connectivity index (χ4n) is 2.01. The number of rotatable bonds is 6. The normalized spacial score (nSPS) is 10.0. The quantitative estimate of drug-likeness (QED) is 0.781. The van der Waals surface area contributed by atoms with Gasteiger partial charge in [-0.3, -0.25) is 9.59 Å². The summed E-state index contributed by atoms with van der Waals surface area (Å²) < 4.78 is 11.3. The maximum atomic E-state index is 12.0. The highest BCUT2D eigenvalue weighted by Crippen LogP contribution is 2.36. The standard InChI is InChI=1S/C17H16BrNO4/c1-11-4-3-5-13(6-11)19-16(21)10-23-17-14(18)7-12(9-20)8-15(17)22-2/h3-9H,10H2,1-2H3,(H,19,21). The molecule has 5 nitrogen and oxygen atoms in total. The lowest BCUT2D eigenvalue weighted by atomic mass is 10.2. The molecule has 23 heavy (non-hydrogen) atoms. The Balaban J connectivity index is 2.05. The molecule has 0 aliphatic carbocycles. The minimum absolute atomic E-state index is 0.177. The summed E-state index contributed by atoms with van der Waals surface area (Å²) in [4.78, 5) is 22.8. The number of methoxy groups -OCH3 is 1. The van der Waals surface area contributed by atoms with Gasteiger partial charge >= 0.3 is 0 Å². The van der Waals surface area contributed by atoms with Crippen molar-refractivity contribution in [1.82, 2.24) is 0 Å². The highest BCUT2D eigenvalue weighted by molar-refractivity contribution is 9.10. The first-order chi connectivity index (χ1) is 11.0. The Morgan fingerprint density at radius 1 is 1.30 bits per heavy atom. The van der Waals surface area contributed by atoms with E-state index in [0.717, 1.165) is 5.56 Å². The molecule has 0 saturated heterocycles. The van der Waals surface area contributed by atoms with E-state index in [4.69, 9.17) is 9.47 Å². The summed E-state index contributed by atoms with van der Waals surface area (Å²) >= 11 is 3.31. The molecule has 0 unspecified atom stereocenters. The summed E-state index contributed by atoms with van der Waals surface area (Å²) in [7, 11) is 1.47. The molecule has 0 atom stereocenters. The van der Waals surface area contributed by atoms with E-state index in [1.165, 1.54) is 7.11 Å². The number of carbonyl (C=O) groups excluding carboxylic acids is 2. The van der Waals surface area contributed by atoms with Crippen molar-refractivity contribution in [2.75, 3.05) is 19.0 Å². The summed E-state index contributed by atoms with van der Waals surface area (Å²) in [6.45, 7) is 1.77. The Hall–Kier alpha value is -2.34. The van der Waals surface area contributed by atoms with Crippen LogP contribution in [0.25, 0.3) is 0 Å². The third-order valence-corrected chi connectivity index (χ3v) is 3.63. The minimum atomic E-state index is -0.288. The van der Waals surface area contributed by atoms with Gasteiger partial charge in [0.2, 0.25) is 0 Å². The van der Waals surface area contributed by atoms with Crippen LogP contribution < -0.4 is 14.8 Å². The smallest absolute Gasteiger partial charge is 0.262 e. The predicted molar refractivity (Wildman–Crippen MR) is 91.4 cm³/mol. The summed E-state index contributed by atoms with van der Waals surface area (Å²) in [5.41, 5.74) is 2.21. The largest absolute Gasteiger partial charge is 0.493 e. The van der Waals surface area contributed by atoms with Crippen LogP contribution in [0.15, 0.2) is 40.9 Å². The number of anilines is 1. The third-order valence-electron chi connectivity index (χ3n) is 3.04. The number of halogens is 1. The van der Waals surface area contributed by atoms with Crippen molar-refractivity contribution in [3.63, 3.8) is 0 Å². The molecular formula is C17H16BrNO4. The molecule has 0 aliphatic heterocycles. The van der Waals surface area contributed by atoms with Crippen LogP contribution in [-0.2, 0) is 4.79 Å². The van der Waals surface area contributed by atoms with E-state index in [0.29, 0.717) is 33.5 Å². The summed E-state index contributed by atoms with van der Waals surface area (Å²) in [5.74, 6) is 0.464. The van der Waals surface area contributed by atoms with Gasteiger partial charge in [-0.1, -0.05) is 12.1 Å². The van der Waals surface area contributed by atoms with Gasteiger partial charge in [0.25, 0.3) is 5.91 Å². The lowest BCUT2D eigenvalue weighted by Crippen LogP contribution is -2.20. The van der Waals surface area contributed by atoms with Crippen molar-refractivity contribution in [1.29, 1.82) is 0 Å². The van der Waals surface area contributed by atoms with Gasteiger partial charge in [-0.2, -0.15) is 0 Å². The molecule has 2 rings (SSSR count). The van der Waals surface area contributed by atoms with Crippen LogP contribution in [0.4, 0.5) is 5.69 Å². The maximum absolute atomic E-state index is 12.0. The SMILES string of the molecule is COc1cc(C=O)cc(Br)c1OCC(=O)Nc1cccc(C)c1. The molecule has 0 aliphatic rings. The average Bonchev–Trinajstić information content (AvgIpc) is 2.52. The van der Waals surface area contributed by atoms with E-state index in [2.05, 4.69) is 21.2 Å². The Bertz CT molecular complexity index is 731. The van der Waals surface area contributed by atoms with Crippen LogP contribution in [0.3, 0.4) is 0 Å². The van der Waals surface area contributed by atoms with Crippen LogP contribution in [0.2, 0.25) is 0 Å². The number of aldehydes is 1. The number of hydrogen-bond donors (Lipinski definition) is 1. The van der Waals surface area contributed by atoms with Crippen LogP contribution in [0.5, 0.6) is 11.5 Å². The molecule has 1 amide bonds. The topological polar surface area (TPSA) is 64.6 Å². The number of benzene rings is 2. The molecule has 0 spiro atoms. The van der Waals surface area contributed by atoms with Gasteiger partial charge in [0, 0.05) is 11.3 Å². The van der Waals surface area contributed by atoms with Crippen molar-refractivity contribution in [3.8, 4) is 11.5 Å². The Morgan fingerprint density at radius 2 is 2.09 bits per heavy atom. The van der Waals surface area contributed by atoms with Gasteiger partial charge in [-0.15, -0.1) is 0 Å². The summed E-state index contributed by atoms with van der Waals surface area (Å²) in [6.07, 6.45) is 0.710. The number of nitrogens with one attached hydrogen (secondary N) is 1. The third kappa shape index (κ3) is 4.56. The molecular weight excluding hydrogens is 362 g/mol. The molecule has 0 fully saturated rings. The number of amides is 1. The van der Waals surface area contributed by atoms with Gasteiger partial charge in [-0.25, -0.2) is 0 Å². The highest BCUT2D eigenvalue weighted by Gasteiger charge is 2.13. The van der Waals surface area contributed by atoms with Crippen molar-refractivity contribution in [2.45, 2.75) is 6.92 Å². The zero-order valence-corrected chi connectivity index (χ0v) is 14.3. The predicted octanol–water partition coefficient (Wildman–Crippen LogP) is 3.60. The summed E-state index contributed by atoms with van der Waals surface area (Å²) in [6, 6.07) is 10.6. The molecule has 120 valence electrons. The zero-order valence-electron chi connectivity index (χ0n) is 12.8. The number of ether oxygens (including phenoxy) is 2. The number of carbonyl (C=O) groups is 2. The van der Waals surface area contributed by atoms with Gasteiger partial charge in [0.15, 0.2) is 18.1 Å². The van der Waals surface area contributed by atoms with E-state index in [-0.39, 0.29) is 12.5 Å². The van der Waals surface area contributed by atoms with Crippen molar-refractivity contribution in [2.24, 2.45) is 0 Å². The summed E-state index contributed by atoms with van der Waals surface area (Å²) in [5, 5.41) is 2.76. The minimum Gasteiger partial charge on any atom is -0.493 e. The average molecular weight is 378 g/mol. The molecule has 6 heteroatoms. The second kappa shape index (κ2) is 7.78. The Labute approximate surface area is 142 Å². The first-order valence-corrected chi connectivity index (χ1v) is 7.65. The maximum Gasteiger partial charge on any atom is 0.262 e. The van der Waals surface area contributed by atoms with Gasteiger partial charge in [0.05, 0.1) is 11.6 Å². The molecule has 0 saturated carbocycles. The molecule has 0 heterocycles. The number of aryl methyl sites for hydroxylation is 1. The zero-order chi connectivity index (χ0) is 16.8. The molecule has 2 aromatic rings. The van der Waals surface area contributed by atoms with Crippen LogP contribution in [0, 0.1) is 6.92 Å². The van der Waals surface area contributed by atoms with E-state index < -0.39 is 0 Å². The van der Waals surface area contributed by atoms with Crippen molar-refractivity contribution >= 4 is 33.8 Å². The highest BCUT2D eigenvalue weighted by atomic mass is 79.9. The van der Waals surface area contributed by atoms with Crippen LogP contribution in [-0.4, -0.2) is 25.9 Å². The van der Waals surface area contributed by atoms with Crippen molar-refractivity contribution in [3.05, 3.63) is 52.0 Å².